The zero-order valence-corrected chi connectivity index (χ0v) is 11.8. The second-order valence-corrected chi connectivity index (χ2v) is 5.69. The average molecular weight is 303 g/mol. The molecule has 0 fully saturated rings. The molecule has 0 aliphatic heterocycles. The summed E-state index contributed by atoms with van der Waals surface area (Å²) in [6.45, 7) is 4.91. The first kappa shape index (κ1) is 17.0. The summed E-state index contributed by atoms with van der Waals surface area (Å²) < 4.78 is 37.2. The number of hydrogen-bond donors (Lipinski definition) is 2. The molecular formula is C14H16F3NO3. The van der Waals surface area contributed by atoms with Gasteiger partial charge in [0.15, 0.2) is 0 Å². The van der Waals surface area contributed by atoms with Crippen molar-refractivity contribution in [2.45, 2.75) is 33.0 Å². The highest BCUT2D eigenvalue weighted by molar-refractivity contribution is 5.96. The molecule has 0 aliphatic rings. The number of halogens is 3. The van der Waals surface area contributed by atoms with E-state index in [4.69, 9.17) is 5.11 Å². The fraction of sp³-hybridized carbons (Fsp3) is 0.429. The normalized spacial score (nSPS) is 13.6. The lowest BCUT2D eigenvalue weighted by Gasteiger charge is -2.27. The first-order valence-corrected chi connectivity index (χ1v) is 6.14. The smallest absolute Gasteiger partial charge is 0.416 e. The summed E-state index contributed by atoms with van der Waals surface area (Å²) >= 11 is 0. The van der Waals surface area contributed by atoms with E-state index in [1.54, 1.807) is 20.8 Å². The molecule has 0 aliphatic carbocycles. The van der Waals surface area contributed by atoms with Gasteiger partial charge >= 0.3 is 12.1 Å². The summed E-state index contributed by atoms with van der Waals surface area (Å²) in [5.74, 6) is -1.94. The van der Waals surface area contributed by atoms with Crippen LogP contribution in [-0.2, 0) is 11.0 Å². The van der Waals surface area contributed by atoms with Crippen LogP contribution in [0.25, 0.3) is 0 Å². The molecular weight excluding hydrogens is 287 g/mol. The number of aliphatic carboxylic acids is 1. The van der Waals surface area contributed by atoms with Crippen molar-refractivity contribution in [1.29, 1.82) is 0 Å². The Hall–Kier alpha value is -2.05. The van der Waals surface area contributed by atoms with Crippen LogP contribution in [0.2, 0.25) is 0 Å². The van der Waals surface area contributed by atoms with Crippen molar-refractivity contribution in [3.05, 3.63) is 35.4 Å². The Bertz CT molecular complexity index is 530. The van der Waals surface area contributed by atoms with Gasteiger partial charge in [0, 0.05) is 5.56 Å². The van der Waals surface area contributed by atoms with E-state index >= 15 is 0 Å². The number of carboxylic acid groups (broad SMARTS) is 1. The molecule has 7 heteroatoms. The Morgan fingerprint density at radius 1 is 1.10 bits per heavy atom. The standard InChI is InChI=1S/C14H16F3NO3/c1-13(2,3)10(12(20)21)18-11(19)8-4-6-9(7-5-8)14(15,16)17/h4-7,10H,1-3H3,(H,18,19)(H,20,21)/t10-/m1/s1. The van der Waals surface area contributed by atoms with Gasteiger partial charge in [-0.25, -0.2) is 4.79 Å². The van der Waals surface area contributed by atoms with Gasteiger partial charge in [-0.15, -0.1) is 0 Å². The molecule has 21 heavy (non-hydrogen) atoms. The monoisotopic (exact) mass is 303 g/mol. The van der Waals surface area contributed by atoms with Gasteiger partial charge in [0.1, 0.15) is 6.04 Å². The second kappa shape index (κ2) is 5.75. The minimum absolute atomic E-state index is 0.0292. The molecule has 0 saturated carbocycles. The zero-order chi connectivity index (χ0) is 16.4. The maximum Gasteiger partial charge on any atom is 0.416 e. The molecule has 0 spiro atoms. The number of amides is 1. The Kier molecular flexibility index (Phi) is 4.65. The maximum absolute atomic E-state index is 12.4. The van der Waals surface area contributed by atoms with Crippen LogP contribution in [0.5, 0.6) is 0 Å². The minimum Gasteiger partial charge on any atom is -0.480 e. The molecule has 116 valence electrons. The summed E-state index contributed by atoms with van der Waals surface area (Å²) in [6.07, 6.45) is -4.48. The molecule has 0 bridgehead atoms. The predicted molar refractivity (Wildman–Crippen MR) is 69.8 cm³/mol. The number of nitrogens with one attached hydrogen (secondary N) is 1. The first-order chi connectivity index (χ1) is 9.43. The molecule has 0 heterocycles. The molecule has 1 rings (SSSR count). The van der Waals surface area contributed by atoms with Crippen LogP contribution in [-0.4, -0.2) is 23.0 Å². The lowest BCUT2D eigenvalue weighted by atomic mass is 9.86. The van der Waals surface area contributed by atoms with Crippen LogP contribution in [0.4, 0.5) is 13.2 Å². The highest BCUT2D eigenvalue weighted by Gasteiger charge is 2.33. The fourth-order valence-corrected chi connectivity index (χ4v) is 1.67. The summed E-state index contributed by atoms with van der Waals surface area (Å²) in [7, 11) is 0. The highest BCUT2D eigenvalue weighted by Crippen LogP contribution is 2.29. The van der Waals surface area contributed by atoms with Gasteiger partial charge in [0.25, 0.3) is 5.91 Å². The zero-order valence-electron chi connectivity index (χ0n) is 11.8. The van der Waals surface area contributed by atoms with E-state index in [1.807, 2.05) is 0 Å². The Balaban J connectivity index is 2.92. The van der Waals surface area contributed by atoms with E-state index in [9.17, 15) is 22.8 Å². The van der Waals surface area contributed by atoms with Crippen LogP contribution < -0.4 is 5.32 Å². The van der Waals surface area contributed by atoms with Crippen LogP contribution in [0.1, 0.15) is 36.7 Å². The van der Waals surface area contributed by atoms with Gasteiger partial charge in [0.2, 0.25) is 0 Å². The third kappa shape index (κ3) is 4.47. The number of carboxylic acids is 1. The molecule has 1 atom stereocenters. The third-order valence-electron chi connectivity index (χ3n) is 2.86. The maximum atomic E-state index is 12.4. The van der Waals surface area contributed by atoms with Gasteiger partial charge in [-0.1, -0.05) is 20.8 Å². The van der Waals surface area contributed by atoms with Crippen molar-refractivity contribution in [3.8, 4) is 0 Å². The van der Waals surface area contributed by atoms with E-state index in [-0.39, 0.29) is 5.56 Å². The number of carbonyl (C=O) groups is 2. The lowest BCUT2D eigenvalue weighted by Crippen LogP contribution is -2.49. The number of hydrogen-bond acceptors (Lipinski definition) is 2. The van der Waals surface area contributed by atoms with E-state index in [0.717, 1.165) is 24.3 Å². The van der Waals surface area contributed by atoms with Crippen molar-refractivity contribution < 1.29 is 27.9 Å². The predicted octanol–water partition coefficient (Wildman–Crippen LogP) is 2.93. The molecule has 0 aromatic heterocycles. The summed E-state index contributed by atoms with van der Waals surface area (Å²) in [5.41, 5.74) is -1.63. The number of carbonyl (C=O) groups excluding carboxylic acids is 1. The fourth-order valence-electron chi connectivity index (χ4n) is 1.67. The molecule has 4 nitrogen and oxygen atoms in total. The van der Waals surface area contributed by atoms with E-state index < -0.39 is 35.1 Å². The quantitative estimate of drug-likeness (QED) is 0.902. The third-order valence-corrected chi connectivity index (χ3v) is 2.86. The molecule has 1 aromatic carbocycles. The van der Waals surface area contributed by atoms with Gasteiger partial charge in [-0.05, 0) is 29.7 Å². The van der Waals surface area contributed by atoms with E-state index in [2.05, 4.69) is 5.32 Å². The first-order valence-electron chi connectivity index (χ1n) is 6.14. The van der Waals surface area contributed by atoms with Crippen molar-refractivity contribution >= 4 is 11.9 Å². The van der Waals surface area contributed by atoms with Crippen LogP contribution in [0, 0.1) is 5.41 Å². The molecule has 1 amide bonds. The number of alkyl halides is 3. The van der Waals surface area contributed by atoms with Gasteiger partial charge in [-0.3, -0.25) is 4.79 Å². The molecule has 0 unspecified atom stereocenters. The van der Waals surface area contributed by atoms with Crippen molar-refractivity contribution in [2.24, 2.45) is 5.41 Å². The van der Waals surface area contributed by atoms with E-state index in [0.29, 0.717) is 0 Å². The van der Waals surface area contributed by atoms with Crippen molar-refractivity contribution in [1.82, 2.24) is 5.32 Å². The topological polar surface area (TPSA) is 66.4 Å². The summed E-state index contributed by atoms with van der Waals surface area (Å²) in [5, 5.41) is 11.4. The van der Waals surface area contributed by atoms with Crippen LogP contribution in [0.15, 0.2) is 24.3 Å². The summed E-state index contributed by atoms with van der Waals surface area (Å²) in [4.78, 5) is 23.0. The van der Waals surface area contributed by atoms with Crippen molar-refractivity contribution in [3.63, 3.8) is 0 Å². The lowest BCUT2D eigenvalue weighted by molar-refractivity contribution is -0.142. The number of benzene rings is 1. The highest BCUT2D eigenvalue weighted by atomic mass is 19.4. The van der Waals surface area contributed by atoms with E-state index in [1.165, 1.54) is 0 Å². The number of rotatable bonds is 3. The molecule has 0 saturated heterocycles. The molecule has 2 N–H and O–H groups in total. The Morgan fingerprint density at radius 3 is 1.90 bits per heavy atom. The second-order valence-electron chi connectivity index (χ2n) is 5.69. The molecule has 0 radical (unpaired) electrons. The average Bonchev–Trinajstić information content (AvgIpc) is 2.33. The van der Waals surface area contributed by atoms with Gasteiger partial charge in [-0.2, -0.15) is 13.2 Å². The Morgan fingerprint density at radius 2 is 1.57 bits per heavy atom. The SMILES string of the molecule is CC(C)(C)[C@H](NC(=O)c1ccc(C(F)(F)F)cc1)C(=O)O. The van der Waals surface area contributed by atoms with Crippen LogP contribution in [0.3, 0.4) is 0 Å². The van der Waals surface area contributed by atoms with Gasteiger partial charge < -0.3 is 10.4 Å². The van der Waals surface area contributed by atoms with Crippen LogP contribution >= 0.6 is 0 Å². The van der Waals surface area contributed by atoms with Gasteiger partial charge in [0.05, 0.1) is 5.56 Å². The Labute approximate surface area is 120 Å². The largest absolute Gasteiger partial charge is 0.480 e. The molecule has 1 aromatic rings. The minimum atomic E-state index is -4.48. The summed E-state index contributed by atoms with van der Waals surface area (Å²) in [6, 6.07) is 2.44. The van der Waals surface area contributed by atoms with Crippen molar-refractivity contribution in [2.75, 3.05) is 0 Å².